The Morgan fingerprint density at radius 3 is 2.72 bits per heavy atom. The Kier molecular flexibility index (Phi) is 9.28. The van der Waals surface area contributed by atoms with E-state index in [1.807, 2.05) is 0 Å². The lowest BCUT2D eigenvalue weighted by Gasteiger charge is -2.58. The quantitative estimate of drug-likeness (QED) is 0.432. The van der Waals surface area contributed by atoms with Gasteiger partial charge in [0, 0.05) is 44.2 Å². The van der Waals surface area contributed by atoms with E-state index in [-0.39, 0.29) is 42.3 Å². The van der Waals surface area contributed by atoms with Crippen molar-refractivity contribution in [1.82, 2.24) is 30.2 Å². The minimum Gasteiger partial charge on any atom is -0.361 e. The van der Waals surface area contributed by atoms with E-state index >= 15 is 0 Å². The van der Waals surface area contributed by atoms with Gasteiger partial charge in [-0.25, -0.2) is 0 Å². The highest BCUT2D eigenvalue weighted by Gasteiger charge is 2.59. The molecule has 6 fully saturated rings. The van der Waals surface area contributed by atoms with Gasteiger partial charge in [-0.15, -0.1) is 0 Å². The summed E-state index contributed by atoms with van der Waals surface area (Å²) in [6.45, 7) is 10.0. The van der Waals surface area contributed by atoms with Crippen molar-refractivity contribution >= 4 is 11.7 Å². The van der Waals surface area contributed by atoms with Gasteiger partial charge in [-0.2, -0.15) is 5.26 Å². The fourth-order valence-electron chi connectivity index (χ4n) is 9.19. The molecule has 4 aliphatic heterocycles. The summed E-state index contributed by atoms with van der Waals surface area (Å²) < 4.78 is 13.4. The van der Waals surface area contributed by atoms with Gasteiger partial charge >= 0.3 is 0 Å². The van der Waals surface area contributed by atoms with Crippen LogP contribution in [0.2, 0.25) is 0 Å². The Labute approximate surface area is 256 Å². The standard InChI is InChI=1S/C32H51N7O4/c1-5-26(40)39-17-16-38(18-22(39)12-14-33)30-24-11-13-32(20-37(4)28-21(2)8-6-10-25(28)43-32)29(41)27(24)34-31(35-30)42-19-23-9-7-15-36(23)3/h5,21-25,27-28,30-31,34-35H,1,6-13,15-20H2,2-4H3/t21?,22?,23?,24?,25?,27?,28?,30?,31?,32-/m0/s1. The molecular formula is C32H51N7O4. The summed E-state index contributed by atoms with van der Waals surface area (Å²) in [5.41, 5.74) is -0.808. The molecule has 0 aromatic heterocycles. The molecule has 2 N–H and O–H groups in total. The number of hydrogen-bond acceptors (Lipinski definition) is 10. The van der Waals surface area contributed by atoms with Crippen LogP contribution in [0.25, 0.3) is 0 Å². The molecule has 4 saturated heterocycles. The van der Waals surface area contributed by atoms with Crippen molar-refractivity contribution in [2.45, 2.75) is 107 Å². The molecule has 43 heavy (non-hydrogen) atoms. The molecular weight excluding hydrogens is 546 g/mol. The Morgan fingerprint density at radius 1 is 1.14 bits per heavy atom. The van der Waals surface area contributed by atoms with Crippen LogP contribution in [0.3, 0.4) is 0 Å². The predicted octanol–water partition coefficient (Wildman–Crippen LogP) is 1.12. The molecule has 9 unspecified atom stereocenters. The SMILES string of the molecule is C=CC(=O)N1CCN(C2NC(OCC3CCCN3C)NC3C(=O)[C@]4(CCC32)CN(C)C2C(C)CCCC2O4)CC1CC#N. The smallest absolute Gasteiger partial charge is 0.246 e. The van der Waals surface area contributed by atoms with E-state index in [0.717, 1.165) is 32.2 Å². The number of ether oxygens (including phenoxy) is 2. The fraction of sp³-hybridized carbons (Fsp3) is 0.844. The van der Waals surface area contributed by atoms with Crippen LogP contribution in [0, 0.1) is 23.2 Å². The summed E-state index contributed by atoms with van der Waals surface area (Å²) in [6, 6.07) is 2.37. The molecule has 6 aliphatic rings. The van der Waals surface area contributed by atoms with Gasteiger partial charge in [0.05, 0.1) is 43.5 Å². The molecule has 2 saturated carbocycles. The van der Waals surface area contributed by atoms with Gasteiger partial charge in [0.25, 0.3) is 0 Å². The van der Waals surface area contributed by atoms with E-state index in [9.17, 15) is 14.9 Å². The third kappa shape index (κ3) is 5.92. The van der Waals surface area contributed by atoms with E-state index in [1.54, 1.807) is 4.90 Å². The number of Topliss-reactive ketones (excluding diaryl/α,β-unsaturated/α-hetero) is 1. The third-order valence-corrected chi connectivity index (χ3v) is 11.4. The highest BCUT2D eigenvalue weighted by Crippen LogP contribution is 2.44. The number of ketones is 1. The second kappa shape index (κ2) is 12.8. The maximum absolute atomic E-state index is 14.6. The Balaban J connectivity index is 1.23. The van der Waals surface area contributed by atoms with E-state index in [4.69, 9.17) is 9.47 Å². The van der Waals surface area contributed by atoms with Crippen LogP contribution in [0.15, 0.2) is 12.7 Å². The van der Waals surface area contributed by atoms with Crippen LogP contribution in [-0.2, 0) is 19.1 Å². The largest absolute Gasteiger partial charge is 0.361 e. The number of piperazine rings is 1. The van der Waals surface area contributed by atoms with E-state index in [0.29, 0.717) is 57.2 Å². The second-order valence-electron chi connectivity index (χ2n) is 14.0. The molecule has 0 radical (unpaired) electrons. The van der Waals surface area contributed by atoms with Gasteiger partial charge in [0.2, 0.25) is 5.91 Å². The maximum Gasteiger partial charge on any atom is 0.246 e. The van der Waals surface area contributed by atoms with E-state index in [1.165, 1.54) is 18.9 Å². The number of nitriles is 1. The van der Waals surface area contributed by atoms with Crippen molar-refractivity contribution in [3.63, 3.8) is 0 Å². The Morgan fingerprint density at radius 2 is 1.98 bits per heavy atom. The number of rotatable bonds is 6. The van der Waals surface area contributed by atoms with Crippen molar-refractivity contribution in [1.29, 1.82) is 5.26 Å². The van der Waals surface area contributed by atoms with Crippen LogP contribution >= 0.6 is 0 Å². The topological polar surface area (TPSA) is 113 Å². The molecule has 0 aromatic carbocycles. The highest BCUT2D eigenvalue weighted by atomic mass is 16.5. The van der Waals surface area contributed by atoms with Crippen LogP contribution < -0.4 is 10.6 Å². The van der Waals surface area contributed by atoms with Crippen molar-refractivity contribution in [3.8, 4) is 6.07 Å². The van der Waals surface area contributed by atoms with Gasteiger partial charge in [0.1, 0.15) is 5.60 Å². The molecule has 4 heterocycles. The average Bonchev–Trinajstić information content (AvgIpc) is 3.41. The molecule has 1 amide bonds. The first kappa shape index (κ1) is 31.1. The average molecular weight is 598 g/mol. The lowest BCUT2D eigenvalue weighted by atomic mass is 9.69. The van der Waals surface area contributed by atoms with Crippen molar-refractivity contribution in [2.75, 3.05) is 53.4 Å². The van der Waals surface area contributed by atoms with E-state index in [2.05, 4.69) is 59.0 Å². The summed E-state index contributed by atoms with van der Waals surface area (Å²) in [7, 11) is 4.32. The first-order valence-corrected chi connectivity index (χ1v) is 16.5. The summed E-state index contributed by atoms with van der Waals surface area (Å²) in [5, 5.41) is 16.9. The van der Waals surface area contributed by atoms with Crippen molar-refractivity contribution in [2.24, 2.45) is 11.8 Å². The molecule has 10 atom stereocenters. The summed E-state index contributed by atoms with van der Waals surface area (Å²) in [5.74, 6) is 0.600. The van der Waals surface area contributed by atoms with Gasteiger partial charge in [-0.3, -0.25) is 30.0 Å². The Bertz CT molecular complexity index is 1100. The third-order valence-electron chi connectivity index (χ3n) is 11.4. The van der Waals surface area contributed by atoms with Gasteiger partial charge in [0.15, 0.2) is 12.1 Å². The lowest BCUT2D eigenvalue weighted by molar-refractivity contribution is -0.215. The molecule has 0 bridgehead atoms. The monoisotopic (exact) mass is 597 g/mol. The number of likely N-dealkylation sites (N-methyl/N-ethyl adjacent to an activating group) is 2. The van der Waals surface area contributed by atoms with E-state index < -0.39 is 18.0 Å². The number of nitrogens with one attached hydrogen (secondary N) is 2. The number of morpholine rings is 1. The Hall–Kier alpha value is -1.91. The minimum atomic E-state index is -0.808. The molecule has 6 rings (SSSR count). The summed E-state index contributed by atoms with van der Waals surface area (Å²) in [6.07, 6.45) is 8.26. The first-order valence-electron chi connectivity index (χ1n) is 16.5. The predicted molar refractivity (Wildman–Crippen MR) is 162 cm³/mol. The van der Waals surface area contributed by atoms with Gasteiger partial charge in [-0.05, 0) is 71.2 Å². The zero-order chi connectivity index (χ0) is 30.3. The molecule has 0 aromatic rings. The number of carbonyl (C=O) groups is 2. The van der Waals surface area contributed by atoms with Crippen molar-refractivity contribution < 1.29 is 19.1 Å². The zero-order valence-corrected chi connectivity index (χ0v) is 26.2. The second-order valence-corrected chi connectivity index (χ2v) is 14.0. The minimum absolute atomic E-state index is 0.0217. The highest BCUT2D eigenvalue weighted by molar-refractivity contribution is 5.94. The zero-order valence-electron chi connectivity index (χ0n) is 26.2. The van der Waals surface area contributed by atoms with Crippen LogP contribution in [0.5, 0.6) is 0 Å². The molecule has 11 nitrogen and oxygen atoms in total. The summed E-state index contributed by atoms with van der Waals surface area (Å²) in [4.78, 5) is 36.1. The fourth-order valence-corrected chi connectivity index (χ4v) is 9.19. The van der Waals surface area contributed by atoms with Gasteiger partial charge < -0.3 is 19.3 Å². The lowest BCUT2D eigenvalue weighted by Crippen LogP contribution is -2.77. The number of likely N-dealkylation sites (tertiary alicyclic amines) is 1. The van der Waals surface area contributed by atoms with Crippen LogP contribution in [-0.4, -0.2) is 133 Å². The normalized spacial score (nSPS) is 42.8. The summed E-state index contributed by atoms with van der Waals surface area (Å²) >= 11 is 0. The number of hydrogen-bond donors (Lipinski definition) is 2. The number of carbonyl (C=O) groups excluding carboxylic acids is 2. The first-order chi connectivity index (χ1) is 20.7. The maximum atomic E-state index is 14.6. The van der Waals surface area contributed by atoms with Gasteiger partial charge in [-0.1, -0.05) is 19.9 Å². The van der Waals surface area contributed by atoms with Crippen LogP contribution in [0.1, 0.15) is 58.3 Å². The number of fused-ring (bicyclic) bond motifs is 2. The molecule has 238 valence electrons. The van der Waals surface area contributed by atoms with Crippen LogP contribution in [0.4, 0.5) is 0 Å². The van der Waals surface area contributed by atoms with Crippen molar-refractivity contribution in [3.05, 3.63) is 12.7 Å². The molecule has 11 heteroatoms. The molecule has 2 aliphatic carbocycles. The number of nitrogens with zero attached hydrogens (tertiary/aromatic N) is 5. The molecule has 1 spiro atoms. The number of amides is 1.